The van der Waals surface area contributed by atoms with Gasteiger partial charge in [-0.15, -0.1) is 24.2 Å². The molecule has 0 atom stereocenters. The van der Waals surface area contributed by atoms with E-state index in [4.69, 9.17) is 5.73 Å². The predicted octanol–water partition coefficient (Wildman–Crippen LogP) is 2.95. The molecule has 0 unspecified atom stereocenters. The summed E-state index contributed by atoms with van der Waals surface area (Å²) in [5.41, 5.74) is 6.47. The van der Waals surface area contributed by atoms with E-state index in [1.807, 2.05) is 18.4 Å². The van der Waals surface area contributed by atoms with Gasteiger partial charge in [-0.05, 0) is 36.6 Å². The molecule has 0 fully saturated rings. The normalized spacial score (nSPS) is 9.47. The summed E-state index contributed by atoms with van der Waals surface area (Å²) < 4.78 is 0. The molecule has 1 aromatic heterocycles. The molecule has 0 aliphatic rings. The van der Waals surface area contributed by atoms with Crippen LogP contribution in [0.2, 0.25) is 0 Å². The van der Waals surface area contributed by atoms with Gasteiger partial charge >= 0.3 is 0 Å². The second-order valence-electron chi connectivity index (χ2n) is 3.15. The van der Waals surface area contributed by atoms with E-state index >= 15 is 0 Å². The second-order valence-corrected chi connectivity index (χ2v) is 4.03. The molecule has 2 aromatic rings. The summed E-state index contributed by atoms with van der Waals surface area (Å²) in [6.45, 7) is 0. The lowest BCUT2D eigenvalue weighted by Crippen LogP contribution is -1.98. The first-order valence-corrected chi connectivity index (χ1v) is 6.00. The van der Waals surface area contributed by atoms with E-state index in [0.29, 0.717) is 5.82 Å². The maximum Gasteiger partial charge on any atom is 0.221 e. The molecule has 0 saturated carbocycles. The van der Waals surface area contributed by atoms with Crippen molar-refractivity contribution in [2.75, 3.05) is 17.3 Å². The number of anilines is 3. The van der Waals surface area contributed by atoms with Crippen LogP contribution in [-0.4, -0.2) is 16.2 Å². The van der Waals surface area contributed by atoms with Gasteiger partial charge in [-0.25, -0.2) is 4.98 Å². The number of rotatable bonds is 3. The number of hydrogen-bond donors (Lipinski definition) is 2. The zero-order valence-electron chi connectivity index (χ0n) is 9.25. The molecule has 4 nitrogen and oxygen atoms in total. The number of hydrogen-bond acceptors (Lipinski definition) is 5. The maximum absolute atomic E-state index is 5.49. The average molecular weight is 269 g/mol. The monoisotopic (exact) mass is 268 g/mol. The van der Waals surface area contributed by atoms with Crippen molar-refractivity contribution in [3.63, 3.8) is 0 Å². The van der Waals surface area contributed by atoms with Gasteiger partial charge in [-0.2, -0.15) is 4.98 Å². The van der Waals surface area contributed by atoms with Gasteiger partial charge in [0.1, 0.15) is 5.82 Å². The van der Waals surface area contributed by atoms with Crippen molar-refractivity contribution in [1.29, 1.82) is 0 Å². The van der Waals surface area contributed by atoms with Crippen LogP contribution in [0.5, 0.6) is 0 Å². The van der Waals surface area contributed by atoms with Gasteiger partial charge < -0.3 is 11.1 Å². The summed E-state index contributed by atoms with van der Waals surface area (Å²) in [6.07, 6.45) is 3.68. The van der Waals surface area contributed by atoms with Gasteiger partial charge in [0.05, 0.1) is 0 Å². The third kappa shape index (κ3) is 3.80. The van der Waals surface area contributed by atoms with Gasteiger partial charge in [0.25, 0.3) is 0 Å². The third-order valence-corrected chi connectivity index (χ3v) is 2.78. The number of halogens is 1. The fourth-order valence-electron chi connectivity index (χ4n) is 1.27. The standard InChI is InChI=1S/C11H12N4S.ClH/c1-16-9-4-2-8(3-5-9)14-10-6-7-13-11(12)15-10;/h2-7H,1H3,(H3,12,13,14,15);1H. The van der Waals surface area contributed by atoms with Crippen molar-refractivity contribution in [3.05, 3.63) is 36.5 Å². The van der Waals surface area contributed by atoms with E-state index < -0.39 is 0 Å². The van der Waals surface area contributed by atoms with Gasteiger partial charge in [-0.1, -0.05) is 0 Å². The van der Waals surface area contributed by atoms with Crippen molar-refractivity contribution in [2.45, 2.75) is 4.90 Å². The average Bonchev–Trinajstić information content (AvgIpc) is 2.30. The van der Waals surface area contributed by atoms with Gasteiger partial charge in [0.2, 0.25) is 5.95 Å². The minimum Gasteiger partial charge on any atom is -0.368 e. The van der Waals surface area contributed by atoms with Crippen LogP contribution in [0.4, 0.5) is 17.5 Å². The largest absolute Gasteiger partial charge is 0.368 e. The van der Waals surface area contributed by atoms with Crippen molar-refractivity contribution >= 4 is 41.6 Å². The highest BCUT2D eigenvalue weighted by atomic mass is 35.5. The van der Waals surface area contributed by atoms with Crippen molar-refractivity contribution < 1.29 is 0 Å². The first-order valence-electron chi connectivity index (χ1n) is 4.77. The zero-order chi connectivity index (χ0) is 11.4. The van der Waals surface area contributed by atoms with Crippen LogP contribution >= 0.6 is 24.2 Å². The molecule has 0 aliphatic heterocycles. The molecule has 0 amide bonds. The maximum atomic E-state index is 5.49. The molecule has 0 radical (unpaired) electrons. The van der Waals surface area contributed by atoms with Crippen molar-refractivity contribution in [3.8, 4) is 0 Å². The van der Waals surface area contributed by atoms with E-state index in [2.05, 4.69) is 27.4 Å². The molecule has 0 saturated heterocycles. The zero-order valence-corrected chi connectivity index (χ0v) is 10.9. The number of thioether (sulfide) groups is 1. The highest BCUT2D eigenvalue weighted by Gasteiger charge is 1.97. The van der Waals surface area contributed by atoms with Gasteiger partial charge in [0, 0.05) is 16.8 Å². The molecular weight excluding hydrogens is 256 g/mol. The molecular formula is C11H13ClN4S. The number of nitrogens with zero attached hydrogens (tertiary/aromatic N) is 2. The fourth-order valence-corrected chi connectivity index (χ4v) is 1.67. The lowest BCUT2D eigenvalue weighted by Gasteiger charge is -2.05. The Kier molecular flexibility index (Phi) is 5.06. The molecule has 0 spiro atoms. The molecule has 3 N–H and O–H groups in total. The molecule has 1 aromatic carbocycles. The van der Waals surface area contributed by atoms with Crippen molar-refractivity contribution in [1.82, 2.24) is 9.97 Å². The Morgan fingerprint density at radius 3 is 2.47 bits per heavy atom. The molecule has 0 bridgehead atoms. The summed E-state index contributed by atoms with van der Waals surface area (Å²) in [5, 5.41) is 3.16. The first-order chi connectivity index (χ1) is 7.78. The van der Waals surface area contributed by atoms with Crippen LogP contribution in [0.3, 0.4) is 0 Å². The molecule has 0 aliphatic carbocycles. The van der Waals surface area contributed by atoms with Crippen LogP contribution in [0.1, 0.15) is 0 Å². The molecule has 6 heteroatoms. The topological polar surface area (TPSA) is 63.8 Å². The predicted molar refractivity (Wildman–Crippen MR) is 75.2 cm³/mol. The second kappa shape index (κ2) is 6.32. The molecule has 1 heterocycles. The Bertz CT molecular complexity index is 475. The fraction of sp³-hybridized carbons (Fsp3) is 0.0909. The number of nitrogen functional groups attached to an aromatic ring is 1. The Morgan fingerprint density at radius 1 is 1.18 bits per heavy atom. The smallest absolute Gasteiger partial charge is 0.221 e. The van der Waals surface area contributed by atoms with E-state index in [-0.39, 0.29) is 18.4 Å². The van der Waals surface area contributed by atoms with Gasteiger partial charge in [-0.3, -0.25) is 0 Å². The van der Waals surface area contributed by atoms with E-state index in [0.717, 1.165) is 5.69 Å². The number of nitrogens with two attached hydrogens (primary N) is 1. The Hall–Kier alpha value is -1.46. The van der Waals surface area contributed by atoms with E-state index in [9.17, 15) is 0 Å². The molecule has 2 rings (SSSR count). The minimum absolute atomic E-state index is 0. The summed E-state index contributed by atoms with van der Waals surface area (Å²) in [6, 6.07) is 9.89. The Morgan fingerprint density at radius 2 is 1.88 bits per heavy atom. The van der Waals surface area contributed by atoms with E-state index in [1.54, 1.807) is 24.0 Å². The minimum atomic E-state index is 0. The Labute approximate surface area is 110 Å². The quantitative estimate of drug-likeness (QED) is 0.838. The highest BCUT2D eigenvalue weighted by molar-refractivity contribution is 7.98. The molecule has 90 valence electrons. The van der Waals surface area contributed by atoms with Gasteiger partial charge in [0.15, 0.2) is 0 Å². The number of benzene rings is 1. The number of nitrogens with one attached hydrogen (secondary N) is 1. The van der Waals surface area contributed by atoms with Crippen LogP contribution < -0.4 is 11.1 Å². The van der Waals surface area contributed by atoms with Crippen molar-refractivity contribution in [2.24, 2.45) is 0 Å². The molecule has 17 heavy (non-hydrogen) atoms. The van der Waals surface area contributed by atoms with Crippen LogP contribution in [0.25, 0.3) is 0 Å². The SMILES string of the molecule is CSc1ccc(Nc2ccnc(N)n2)cc1.Cl. The third-order valence-electron chi connectivity index (χ3n) is 2.04. The van der Waals surface area contributed by atoms with E-state index in [1.165, 1.54) is 4.90 Å². The lowest BCUT2D eigenvalue weighted by molar-refractivity contribution is 1.18. The van der Waals surface area contributed by atoms with Crippen LogP contribution in [0.15, 0.2) is 41.4 Å². The summed E-state index contributed by atoms with van der Waals surface area (Å²) >= 11 is 1.71. The van der Waals surface area contributed by atoms with Crippen LogP contribution in [-0.2, 0) is 0 Å². The summed E-state index contributed by atoms with van der Waals surface area (Å²) in [4.78, 5) is 9.12. The summed E-state index contributed by atoms with van der Waals surface area (Å²) in [5.74, 6) is 0.968. The summed E-state index contributed by atoms with van der Waals surface area (Å²) in [7, 11) is 0. The van der Waals surface area contributed by atoms with Crippen LogP contribution in [0, 0.1) is 0 Å². The lowest BCUT2D eigenvalue weighted by atomic mass is 10.3. The Balaban J connectivity index is 0.00000144. The number of aromatic nitrogens is 2. The highest BCUT2D eigenvalue weighted by Crippen LogP contribution is 2.19. The first kappa shape index (κ1) is 13.6.